The molecule has 0 saturated carbocycles. The van der Waals surface area contributed by atoms with E-state index in [1.54, 1.807) is 5.38 Å². The maximum absolute atomic E-state index is 11.6. The van der Waals surface area contributed by atoms with Crippen molar-refractivity contribution >= 4 is 23.1 Å². The number of aromatic nitrogens is 2. The van der Waals surface area contributed by atoms with Crippen LogP contribution in [-0.4, -0.2) is 15.5 Å². The monoisotopic (exact) mass is 219 g/mol. The highest BCUT2D eigenvalue weighted by Gasteiger charge is 2.08. The van der Waals surface area contributed by atoms with Crippen molar-refractivity contribution in [2.75, 3.05) is 5.32 Å². The molecule has 0 aliphatic heterocycles. The van der Waals surface area contributed by atoms with Gasteiger partial charge in [0.15, 0.2) is 5.69 Å². The third-order valence-corrected chi connectivity index (χ3v) is 2.37. The van der Waals surface area contributed by atoms with Crippen LogP contribution in [0.3, 0.4) is 0 Å². The minimum absolute atomic E-state index is 0.227. The highest BCUT2D eigenvalue weighted by Crippen LogP contribution is 2.10. The molecule has 2 aromatic rings. The number of benzene rings is 1. The lowest BCUT2D eigenvalue weighted by Gasteiger charge is -2.02. The predicted molar refractivity (Wildman–Crippen MR) is 59.0 cm³/mol. The molecule has 76 valence electrons. The molecule has 4 nitrogen and oxygen atoms in total. The summed E-state index contributed by atoms with van der Waals surface area (Å²) >= 11 is 1.16. The second kappa shape index (κ2) is 4.18. The van der Waals surface area contributed by atoms with Gasteiger partial charge in [-0.05, 0) is 36.2 Å². The summed E-state index contributed by atoms with van der Waals surface area (Å²) in [5.41, 5.74) is 2.22. The SMILES string of the molecule is Cc1cccc(NC(=O)c2csnn2)c1. The summed E-state index contributed by atoms with van der Waals surface area (Å²) < 4.78 is 3.63. The van der Waals surface area contributed by atoms with Crippen molar-refractivity contribution in [1.82, 2.24) is 9.59 Å². The normalized spacial score (nSPS) is 9.93. The van der Waals surface area contributed by atoms with Gasteiger partial charge in [-0.3, -0.25) is 4.79 Å². The van der Waals surface area contributed by atoms with Crippen molar-refractivity contribution in [2.24, 2.45) is 0 Å². The molecule has 0 saturated heterocycles. The zero-order chi connectivity index (χ0) is 10.7. The predicted octanol–water partition coefficient (Wildman–Crippen LogP) is 2.10. The van der Waals surface area contributed by atoms with Gasteiger partial charge in [0, 0.05) is 11.1 Å². The van der Waals surface area contributed by atoms with Crippen molar-refractivity contribution in [2.45, 2.75) is 6.92 Å². The van der Waals surface area contributed by atoms with Gasteiger partial charge in [-0.25, -0.2) is 0 Å². The van der Waals surface area contributed by atoms with E-state index in [2.05, 4.69) is 14.9 Å². The minimum atomic E-state index is -0.227. The number of carbonyl (C=O) groups excluding carboxylic acids is 1. The van der Waals surface area contributed by atoms with Crippen LogP contribution in [0.25, 0.3) is 0 Å². The fourth-order valence-electron chi connectivity index (χ4n) is 1.18. The van der Waals surface area contributed by atoms with Crippen LogP contribution in [0, 0.1) is 6.92 Å². The van der Waals surface area contributed by atoms with Gasteiger partial charge in [-0.2, -0.15) is 0 Å². The first-order valence-corrected chi connectivity index (χ1v) is 5.24. The van der Waals surface area contributed by atoms with Crippen LogP contribution >= 0.6 is 11.5 Å². The first-order valence-electron chi connectivity index (χ1n) is 4.41. The number of hydrogen-bond donors (Lipinski definition) is 1. The molecule has 0 fully saturated rings. The molecule has 1 aromatic heterocycles. The number of aryl methyl sites for hydroxylation is 1. The van der Waals surface area contributed by atoms with E-state index in [1.165, 1.54) is 0 Å². The molecule has 1 heterocycles. The Bertz CT molecular complexity index is 467. The fraction of sp³-hybridized carbons (Fsp3) is 0.100. The largest absolute Gasteiger partial charge is 0.321 e. The number of nitrogens with one attached hydrogen (secondary N) is 1. The average molecular weight is 219 g/mol. The third kappa shape index (κ3) is 2.38. The number of rotatable bonds is 2. The molecule has 15 heavy (non-hydrogen) atoms. The van der Waals surface area contributed by atoms with Crippen LogP contribution in [0.4, 0.5) is 5.69 Å². The molecule has 0 spiro atoms. The van der Waals surface area contributed by atoms with Crippen LogP contribution in [0.1, 0.15) is 16.1 Å². The topological polar surface area (TPSA) is 54.9 Å². The summed E-state index contributed by atoms with van der Waals surface area (Å²) in [6.45, 7) is 1.97. The van der Waals surface area contributed by atoms with Gasteiger partial charge in [-0.15, -0.1) is 5.10 Å². The standard InChI is InChI=1S/C10H9N3OS/c1-7-3-2-4-8(5-7)11-10(14)9-6-15-13-12-9/h2-6H,1H3,(H,11,14). The molecule has 0 unspecified atom stereocenters. The Labute approximate surface area is 91.1 Å². The van der Waals surface area contributed by atoms with Crippen LogP contribution in [0.15, 0.2) is 29.6 Å². The summed E-state index contributed by atoms with van der Waals surface area (Å²) in [7, 11) is 0. The van der Waals surface area contributed by atoms with Gasteiger partial charge in [0.2, 0.25) is 0 Å². The Kier molecular flexibility index (Phi) is 2.73. The lowest BCUT2D eigenvalue weighted by Crippen LogP contribution is -2.12. The smallest absolute Gasteiger partial charge is 0.277 e. The van der Waals surface area contributed by atoms with E-state index in [0.717, 1.165) is 22.8 Å². The van der Waals surface area contributed by atoms with Gasteiger partial charge < -0.3 is 5.32 Å². The molecule has 1 aromatic carbocycles. The van der Waals surface area contributed by atoms with E-state index in [1.807, 2.05) is 31.2 Å². The minimum Gasteiger partial charge on any atom is -0.321 e. The average Bonchev–Trinajstić information content (AvgIpc) is 2.70. The van der Waals surface area contributed by atoms with E-state index < -0.39 is 0 Å². The summed E-state index contributed by atoms with van der Waals surface area (Å²) in [5.74, 6) is -0.227. The second-order valence-corrected chi connectivity index (χ2v) is 3.72. The van der Waals surface area contributed by atoms with E-state index in [4.69, 9.17) is 0 Å². The number of nitrogens with zero attached hydrogens (tertiary/aromatic N) is 2. The van der Waals surface area contributed by atoms with E-state index in [0.29, 0.717) is 5.69 Å². The maximum Gasteiger partial charge on any atom is 0.277 e. The first-order chi connectivity index (χ1) is 7.25. The Balaban J connectivity index is 2.13. The molecule has 1 amide bonds. The van der Waals surface area contributed by atoms with Crippen molar-refractivity contribution in [3.05, 3.63) is 40.9 Å². The first kappa shape index (κ1) is 9.79. The third-order valence-electron chi connectivity index (χ3n) is 1.87. The lowest BCUT2D eigenvalue weighted by molar-refractivity contribution is 0.102. The molecule has 0 radical (unpaired) electrons. The Morgan fingerprint density at radius 2 is 2.33 bits per heavy atom. The molecular weight excluding hydrogens is 210 g/mol. The zero-order valence-electron chi connectivity index (χ0n) is 8.10. The van der Waals surface area contributed by atoms with Crippen molar-refractivity contribution < 1.29 is 4.79 Å². The van der Waals surface area contributed by atoms with Crippen LogP contribution in [0.2, 0.25) is 0 Å². The molecule has 1 N–H and O–H groups in total. The van der Waals surface area contributed by atoms with Gasteiger partial charge in [-0.1, -0.05) is 16.6 Å². The Morgan fingerprint density at radius 3 is 3.00 bits per heavy atom. The van der Waals surface area contributed by atoms with Gasteiger partial charge >= 0.3 is 0 Å². The van der Waals surface area contributed by atoms with Crippen LogP contribution in [-0.2, 0) is 0 Å². The van der Waals surface area contributed by atoms with Crippen LogP contribution < -0.4 is 5.32 Å². The van der Waals surface area contributed by atoms with Crippen molar-refractivity contribution in [3.63, 3.8) is 0 Å². The highest BCUT2D eigenvalue weighted by atomic mass is 32.1. The summed E-state index contributed by atoms with van der Waals surface area (Å²) in [6.07, 6.45) is 0. The summed E-state index contributed by atoms with van der Waals surface area (Å²) in [4.78, 5) is 11.6. The van der Waals surface area contributed by atoms with Gasteiger partial charge in [0.05, 0.1) is 0 Å². The van der Waals surface area contributed by atoms with Gasteiger partial charge in [0.25, 0.3) is 5.91 Å². The quantitative estimate of drug-likeness (QED) is 0.841. The molecule has 5 heteroatoms. The lowest BCUT2D eigenvalue weighted by atomic mass is 10.2. The maximum atomic E-state index is 11.6. The number of anilines is 1. The fourth-order valence-corrected chi connectivity index (χ4v) is 1.62. The van der Waals surface area contributed by atoms with Crippen LogP contribution in [0.5, 0.6) is 0 Å². The number of hydrogen-bond acceptors (Lipinski definition) is 4. The van der Waals surface area contributed by atoms with Crippen molar-refractivity contribution in [1.29, 1.82) is 0 Å². The highest BCUT2D eigenvalue weighted by molar-refractivity contribution is 7.03. The van der Waals surface area contributed by atoms with Gasteiger partial charge in [0.1, 0.15) is 0 Å². The molecule has 2 rings (SSSR count). The molecule has 0 aliphatic rings. The van der Waals surface area contributed by atoms with E-state index in [9.17, 15) is 4.79 Å². The summed E-state index contributed by atoms with van der Waals surface area (Å²) in [5, 5.41) is 8.06. The number of amides is 1. The molecule has 0 aliphatic carbocycles. The Morgan fingerprint density at radius 1 is 1.47 bits per heavy atom. The van der Waals surface area contributed by atoms with E-state index in [-0.39, 0.29) is 5.91 Å². The van der Waals surface area contributed by atoms with E-state index >= 15 is 0 Å². The number of carbonyl (C=O) groups is 1. The molecular formula is C10H9N3OS. The summed E-state index contributed by atoms with van der Waals surface area (Å²) in [6, 6.07) is 7.60. The second-order valence-electron chi connectivity index (χ2n) is 3.11. The molecule has 0 bridgehead atoms. The Hall–Kier alpha value is -1.75. The molecule has 0 atom stereocenters. The zero-order valence-corrected chi connectivity index (χ0v) is 8.91. The van der Waals surface area contributed by atoms with Crippen molar-refractivity contribution in [3.8, 4) is 0 Å².